The topological polar surface area (TPSA) is 43.1 Å². The van der Waals surface area contributed by atoms with Crippen molar-refractivity contribution in [3.8, 4) is 0 Å². The summed E-state index contributed by atoms with van der Waals surface area (Å²) in [6, 6.07) is 0. The molecular formula is C15H31NO. The molecule has 0 aromatic heterocycles. The van der Waals surface area contributed by atoms with Crippen LogP contribution in [0.4, 0.5) is 0 Å². The van der Waals surface area contributed by atoms with E-state index in [0.29, 0.717) is 6.42 Å². The van der Waals surface area contributed by atoms with Gasteiger partial charge in [-0.1, -0.05) is 58.8 Å². The summed E-state index contributed by atoms with van der Waals surface area (Å²) in [5.41, 5.74) is 5.31. The van der Waals surface area contributed by atoms with Gasteiger partial charge in [-0.3, -0.25) is 4.79 Å². The lowest BCUT2D eigenvalue weighted by Gasteiger charge is -2.20. The molecule has 0 saturated carbocycles. The smallest absolute Gasteiger partial charge is 0.152 e. The fourth-order valence-corrected chi connectivity index (χ4v) is 1.90. The number of Topliss-reactive ketones (excluding diaryl/α,β-unsaturated/α-hetero) is 1. The summed E-state index contributed by atoms with van der Waals surface area (Å²) >= 11 is 0. The van der Waals surface area contributed by atoms with Gasteiger partial charge in [-0.15, -0.1) is 0 Å². The second-order valence-corrected chi connectivity index (χ2v) is 5.42. The maximum absolute atomic E-state index is 11.7. The van der Waals surface area contributed by atoms with Crippen LogP contribution in [-0.4, -0.2) is 11.3 Å². The minimum atomic E-state index is -0.596. The van der Waals surface area contributed by atoms with Crippen LogP contribution in [0.1, 0.15) is 85.0 Å². The summed E-state index contributed by atoms with van der Waals surface area (Å²) in [7, 11) is 0. The van der Waals surface area contributed by atoms with Crippen LogP contribution in [0.3, 0.4) is 0 Å². The predicted molar refractivity (Wildman–Crippen MR) is 75.1 cm³/mol. The van der Waals surface area contributed by atoms with Crippen LogP contribution in [0.25, 0.3) is 0 Å². The van der Waals surface area contributed by atoms with E-state index in [0.717, 1.165) is 12.8 Å². The highest BCUT2D eigenvalue weighted by molar-refractivity contribution is 5.87. The summed E-state index contributed by atoms with van der Waals surface area (Å²) in [6.07, 6.45) is 11.6. The molecule has 2 heteroatoms. The Morgan fingerprint density at radius 1 is 0.941 bits per heavy atom. The van der Waals surface area contributed by atoms with Crippen LogP contribution in [0, 0.1) is 0 Å². The maximum atomic E-state index is 11.7. The molecule has 0 heterocycles. The Morgan fingerprint density at radius 3 is 1.88 bits per heavy atom. The average molecular weight is 241 g/mol. The summed E-state index contributed by atoms with van der Waals surface area (Å²) < 4.78 is 0. The van der Waals surface area contributed by atoms with E-state index >= 15 is 0 Å². The van der Waals surface area contributed by atoms with Gasteiger partial charge >= 0.3 is 0 Å². The van der Waals surface area contributed by atoms with Crippen LogP contribution in [0.5, 0.6) is 0 Å². The summed E-state index contributed by atoms with van der Waals surface area (Å²) in [4.78, 5) is 11.7. The normalized spacial score (nSPS) is 14.6. The first-order valence-electron chi connectivity index (χ1n) is 7.36. The number of hydrogen-bond acceptors (Lipinski definition) is 2. The van der Waals surface area contributed by atoms with Crippen molar-refractivity contribution in [3.05, 3.63) is 0 Å². The second-order valence-electron chi connectivity index (χ2n) is 5.42. The van der Waals surface area contributed by atoms with Crippen molar-refractivity contribution in [1.82, 2.24) is 0 Å². The Hall–Kier alpha value is -0.370. The van der Waals surface area contributed by atoms with Gasteiger partial charge in [0.05, 0.1) is 5.54 Å². The fraction of sp³-hybridized carbons (Fsp3) is 0.933. The first kappa shape index (κ1) is 16.6. The van der Waals surface area contributed by atoms with Gasteiger partial charge < -0.3 is 5.73 Å². The molecule has 0 aromatic carbocycles. The monoisotopic (exact) mass is 241 g/mol. The van der Waals surface area contributed by atoms with Gasteiger partial charge in [0, 0.05) is 6.42 Å². The van der Waals surface area contributed by atoms with Gasteiger partial charge in [0.2, 0.25) is 0 Å². The first-order chi connectivity index (χ1) is 8.04. The lowest BCUT2D eigenvalue weighted by Crippen LogP contribution is -2.44. The molecule has 0 bridgehead atoms. The van der Waals surface area contributed by atoms with E-state index in [1.807, 2.05) is 13.8 Å². The van der Waals surface area contributed by atoms with Gasteiger partial charge in [-0.25, -0.2) is 0 Å². The van der Waals surface area contributed by atoms with E-state index in [-0.39, 0.29) is 5.78 Å². The number of unbranched alkanes of at least 4 members (excludes halogenated alkanes) is 7. The summed E-state index contributed by atoms with van der Waals surface area (Å²) in [5.74, 6) is 0.228. The highest BCUT2D eigenvalue weighted by Crippen LogP contribution is 2.14. The molecule has 1 unspecified atom stereocenters. The van der Waals surface area contributed by atoms with Crippen molar-refractivity contribution in [2.24, 2.45) is 5.73 Å². The van der Waals surface area contributed by atoms with E-state index in [1.165, 1.54) is 44.9 Å². The zero-order chi connectivity index (χ0) is 13.1. The number of nitrogens with two attached hydrogens (primary N) is 1. The highest BCUT2D eigenvalue weighted by Gasteiger charge is 2.24. The van der Waals surface area contributed by atoms with Crippen molar-refractivity contribution in [3.63, 3.8) is 0 Å². The molecule has 102 valence electrons. The third-order valence-electron chi connectivity index (χ3n) is 3.63. The van der Waals surface area contributed by atoms with E-state index in [1.54, 1.807) is 0 Å². The molecule has 0 amide bonds. The van der Waals surface area contributed by atoms with Crippen LogP contribution in [0.15, 0.2) is 0 Å². The quantitative estimate of drug-likeness (QED) is 0.550. The lowest BCUT2D eigenvalue weighted by molar-refractivity contribution is -0.123. The second kappa shape index (κ2) is 9.64. The Kier molecular flexibility index (Phi) is 9.43. The van der Waals surface area contributed by atoms with E-state index in [4.69, 9.17) is 5.73 Å². The molecule has 0 radical (unpaired) electrons. The molecule has 0 spiro atoms. The van der Waals surface area contributed by atoms with Crippen molar-refractivity contribution in [2.75, 3.05) is 0 Å². The van der Waals surface area contributed by atoms with E-state index < -0.39 is 5.54 Å². The molecule has 0 aromatic rings. The maximum Gasteiger partial charge on any atom is 0.152 e. The van der Waals surface area contributed by atoms with Crippen molar-refractivity contribution >= 4 is 5.78 Å². The van der Waals surface area contributed by atoms with Crippen molar-refractivity contribution in [2.45, 2.75) is 90.5 Å². The molecule has 0 aliphatic rings. The minimum Gasteiger partial charge on any atom is -0.319 e. The standard InChI is InChI=1S/C15H31NO/c1-4-6-7-8-9-10-11-12-13-14(17)15(3,16)5-2/h4-13,16H2,1-3H3. The third kappa shape index (κ3) is 8.37. The minimum absolute atomic E-state index is 0.228. The molecule has 0 saturated heterocycles. The van der Waals surface area contributed by atoms with Crippen LogP contribution in [-0.2, 0) is 4.79 Å². The molecule has 1 atom stereocenters. The predicted octanol–water partition coefficient (Wildman–Crippen LogP) is 4.21. The van der Waals surface area contributed by atoms with Crippen LogP contribution < -0.4 is 5.73 Å². The molecule has 2 nitrogen and oxygen atoms in total. The van der Waals surface area contributed by atoms with Gasteiger partial charge in [0.1, 0.15) is 0 Å². The Morgan fingerprint density at radius 2 is 1.41 bits per heavy atom. The average Bonchev–Trinajstić information content (AvgIpc) is 2.32. The molecule has 2 N–H and O–H groups in total. The molecule has 0 rings (SSSR count). The number of rotatable bonds is 11. The highest BCUT2D eigenvalue weighted by atomic mass is 16.1. The molecule has 0 aliphatic heterocycles. The fourth-order valence-electron chi connectivity index (χ4n) is 1.90. The third-order valence-corrected chi connectivity index (χ3v) is 3.63. The Bertz CT molecular complexity index is 199. The number of carbonyl (C=O) groups is 1. The zero-order valence-corrected chi connectivity index (χ0v) is 12.1. The Balaban J connectivity index is 3.37. The number of ketones is 1. The summed E-state index contributed by atoms with van der Waals surface area (Å²) in [5, 5.41) is 0. The lowest BCUT2D eigenvalue weighted by atomic mass is 9.91. The summed E-state index contributed by atoms with van der Waals surface area (Å²) in [6.45, 7) is 6.06. The molecular weight excluding hydrogens is 210 g/mol. The molecule has 0 fully saturated rings. The SMILES string of the molecule is CCCCCCCCCCC(=O)C(C)(N)CC. The Labute approximate surface area is 107 Å². The molecule has 17 heavy (non-hydrogen) atoms. The number of hydrogen-bond donors (Lipinski definition) is 1. The van der Waals surface area contributed by atoms with Crippen LogP contribution >= 0.6 is 0 Å². The van der Waals surface area contributed by atoms with Gasteiger partial charge in [-0.2, -0.15) is 0 Å². The van der Waals surface area contributed by atoms with Crippen molar-refractivity contribution in [1.29, 1.82) is 0 Å². The zero-order valence-electron chi connectivity index (χ0n) is 12.1. The first-order valence-corrected chi connectivity index (χ1v) is 7.36. The van der Waals surface area contributed by atoms with Crippen molar-refractivity contribution < 1.29 is 4.79 Å². The van der Waals surface area contributed by atoms with Gasteiger partial charge in [0.15, 0.2) is 5.78 Å². The van der Waals surface area contributed by atoms with Crippen LogP contribution in [0.2, 0.25) is 0 Å². The van der Waals surface area contributed by atoms with Gasteiger partial charge in [0.25, 0.3) is 0 Å². The van der Waals surface area contributed by atoms with E-state index in [2.05, 4.69) is 6.92 Å². The largest absolute Gasteiger partial charge is 0.319 e. The van der Waals surface area contributed by atoms with E-state index in [9.17, 15) is 4.79 Å². The number of carbonyl (C=O) groups excluding carboxylic acids is 1. The molecule has 0 aliphatic carbocycles. The van der Waals surface area contributed by atoms with Gasteiger partial charge in [-0.05, 0) is 19.8 Å².